The van der Waals surface area contributed by atoms with Crippen LogP contribution in [0.1, 0.15) is 29.8 Å². The monoisotopic (exact) mass is 264 g/mol. The van der Waals surface area contributed by atoms with Gasteiger partial charge in [-0.2, -0.15) is 0 Å². The van der Waals surface area contributed by atoms with Crippen molar-refractivity contribution in [2.24, 2.45) is 0 Å². The first-order valence-electron chi connectivity index (χ1n) is 6.68. The minimum atomic E-state index is -0.465. The van der Waals surface area contributed by atoms with E-state index in [-0.39, 0.29) is 5.69 Å². The molecule has 19 heavy (non-hydrogen) atoms. The summed E-state index contributed by atoms with van der Waals surface area (Å²) in [5.74, 6) is 0.219. The number of hydrogen-bond donors (Lipinski definition) is 1. The molecule has 1 aliphatic rings. The summed E-state index contributed by atoms with van der Waals surface area (Å²) in [6.45, 7) is 4.23. The van der Waals surface area contributed by atoms with Gasteiger partial charge in [0.05, 0.1) is 7.11 Å². The molecule has 104 valence electrons. The fourth-order valence-electron chi connectivity index (χ4n) is 2.17. The van der Waals surface area contributed by atoms with Crippen molar-refractivity contribution in [1.29, 1.82) is 0 Å². The topological polar surface area (TPSA) is 67.3 Å². The van der Waals surface area contributed by atoms with Crippen LogP contribution < -0.4 is 5.32 Å². The summed E-state index contributed by atoms with van der Waals surface area (Å²) in [5.41, 5.74) is 0.226. The van der Waals surface area contributed by atoms with E-state index in [1.807, 2.05) is 0 Å². The minimum Gasteiger partial charge on any atom is -0.464 e. The van der Waals surface area contributed by atoms with Gasteiger partial charge in [0.2, 0.25) is 0 Å². The number of nitrogens with zero attached hydrogens (tertiary/aromatic N) is 3. The Hall–Kier alpha value is -1.69. The molecule has 2 heterocycles. The number of aromatic nitrogens is 2. The van der Waals surface area contributed by atoms with Crippen molar-refractivity contribution >= 4 is 11.8 Å². The maximum absolute atomic E-state index is 11.2. The molecule has 1 aromatic rings. The first kappa shape index (κ1) is 13.7. The Labute approximate surface area is 113 Å². The lowest BCUT2D eigenvalue weighted by molar-refractivity contribution is 0.0593. The van der Waals surface area contributed by atoms with Crippen LogP contribution in [0.25, 0.3) is 0 Å². The van der Waals surface area contributed by atoms with Crippen LogP contribution >= 0.6 is 0 Å². The summed E-state index contributed by atoms with van der Waals surface area (Å²) < 4.78 is 4.57. The van der Waals surface area contributed by atoms with Gasteiger partial charge in [-0.3, -0.25) is 0 Å². The Kier molecular flexibility index (Phi) is 5.09. The zero-order valence-corrected chi connectivity index (χ0v) is 11.3. The van der Waals surface area contributed by atoms with Crippen LogP contribution in [0.4, 0.5) is 5.82 Å². The van der Waals surface area contributed by atoms with E-state index in [1.165, 1.54) is 39.5 Å². The molecule has 1 saturated heterocycles. The van der Waals surface area contributed by atoms with E-state index < -0.39 is 5.97 Å². The van der Waals surface area contributed by atoms with Crippen molar-refractivity contribution in [3.63, 3.8) is 0 Å². The number of anilines is 1. The molecule has 0 spiro atoms. The van der Waals surface area contributed by atoms with E-state index in [4.69, 9.17) is 0 Å². The van der Waals surface area contributed by atoms with Crippen LogP contribution in [0, 0.1) is 0 Å². The minimum absolute atomic E-state index is 0.226. The average molecular weight is 264 g/mol. The molecule has 1 fully saturated rings. The number of rotatable bonds is 5. The Morgan fingerprint density at radius 1 is 1.32 bits per heavy atom. The Morgan fingerprint density at radius 3 is 2.74 bits per heavy atom. The van der Waals surface area contributed by atoms with Crippen molar-refractivity contribution in [3.8, 4) is 0 Å². The van der Waals surface area contributed by atoms with E-state index >= 15 is 0 Å². The highest BCUT2D eigenvalue weighted by molar-refractivity contribution is 5.86. The fraction of sp³-hybridized carbons (Fsp3) is 0.615. The average Bonchev–Trinajstić information content (AvgIpc) is 2.48. The number of carbonyl (C=O) groups excluding carboxylic acids is 1. The maximum Gasteiger partial charge on any atom is 0.358 e. The summed E-state index contributed by atoms with van der Waals surface area (Å²) in [4.78, 5) is 13.6. The van der Waals surface area contributed by atoms with Crippen molar-refractivity contribution < 1.29 is 9.53 Å². The van der Waals surface area contributed by atoms with Gasteiger partial charge in [0.15, 0.2) is 5.69 Å². The van der Waals surface area contributed by atoms with Crippen LogP contribution in [-0.4, -0.2) is 54.4 Å². The van der Waals surface area contributed by atoms with E-state index in [9.17, 15) is 4.79 Å². The van der Waals surface area contributed by atoms with Gasteiger partial charge in [-0.05, 0) is 38.1 Å². The Bertz CT molecular complexity index is 402. The molecule has 0 bridgehead atoms. The van der Waals surface area contributed by atoms with Crippen molar-refractivity contribution in [2.45, 2.75) is 19.3 Å². The summed E-state index contributed by atoms with van der Waals surface area (Å²) in [6.07, 6.45) is 3.95. The predicted octanol–water partition coefficient (Wildman–Crippen LogP) is 1.16. The van der Waals surface area contributed by atoms with E-state index in [1.54, 1.807) is 12.1 Å². The largest absolute Gasteiger partial charge is 0.464 e. The van der Waals surface area contributed by atoms with Gasteiger partial charge in [0, 0.05) is 13.1 Å². The molecule has 0 atom stereocenters. The highest BCUT2D eigenvalue weighted by Crippen LogP contribution is 2.08. The highest BCUT2D eigenvalue weighted by Gasteiger charge is 2.10. The SMILES string of the molecule is COC(=O)c1ccc(NCCN2CCCCC2)nn1. The maximum atomic E-state index is 11.2. The quantitative estimate of drug-likeness (QED) is 0.805. The summed E-state index contributed by atoms with van der Waals surface area (Å²) >= 11 is 0. The third-order valence-corrected chi connectivity index (χ3v) is 3.24. The van der Waals surface area contributed by atoms with Crippen molar-refractivity contribution in [3.05, 3.63) is 17.8 Å². The second-order valence-electron chi connectivity index (χ2n) is 4.62. The molecular formula is C13H20N4O2. The molecule has 6 nitrogen and oxygen atoms in total. The van der Waals surface area contributed by atoms with Gasteiger partial charge in [-0.25, -0.2) is 4.79 Å². The second kappa shape index (κ2) is 7.04. The second-order valence-corrected chi connectivity index (χ2v) is 4.62. The molecule has 0 saturated carbocycles. The van der Waals surface area contributed by atoms with Crippen LogP contribution in [0.2, 0.25) is 0 Å². The molecule has 0 radical (unpaired) electrons. The molecule has 1 aliphatic heterocycles. The smallest absolute Gasteiger partial charge is 0.358 e. The van der Waals surface area contributed by atoms with Gasteiger partial charge in [0.25, 0.3) is 0 Å². The number of piperidine rings is 1. The highest BCUT2D eigenvalue weighted by atomic mass is 16.5. The molecule has 0 unspecified atom stereocenters. The molecule has 6 heteroatoms. The summed E-state index contributed by atoms with van der Waals surface area (Å²) in [7, 11) is 1.33. The molecule has 2 rings (SSSR count). The van der Waals surface area contributed by atoms with Crippen LogP contribution in [-0.2, 0) is 4.74 Å². The molecule has 1 N–H and O–H groups in total. The number of nitrogens with one attached hydrogen (secondary N) is 1. The summed E-state index contributed by atoms with van der Waals surface area (Å²) in [5, 5.41) is 11.0. The molecule has 0 amide bonds. The number of esters is 1. The molecule has 0 aliphatic carbocycles. The molecule has 1 aromatic heterocycles. The number of likely N-dealkylation sites (tertiary alicyclic amines) is 1. The Morgan fingerprint density at radius 2 is 2.11 bits per heavy atom. The first-order valence-corrected chi connectivity index (χ1v) is 6.68. The van der Waals surface area contributed by atoms with Crippen molar-refractivity contribution in [1.82, 2.24) is 15.1 Å². The number of carbonyl (C=O) groups is 1. The van der Waals surface area contributed by atoms with Crippen LogP contribution in [0.5, 0.6) is 0 Å². The summed E-state index contributed by atoms with van der Waals surface area (Å²) in [6, 6.07) is 3.36. The van der Waals surface area contributed by atoms with Gasteiger partial charge < -0.3 is 15.0 Å². The third-order valence-electron chi connectivity index (χ3n) is 3.24. The Balaban J connectivity index is 1.75. The number of ether oxygens (including phenoxy) is 1. The zero-order chi connectivity index (χ0) is 13.5. The lowest BCUT2D eigenvalue weighted by Gasteiger charge is -2.26. The fourth-order valence-corrected chi connectivity index (χ4v) is 2.17. The first-order chi connectivity index (χ1) is 9.29. The normalized spacial score (nSPS) is 16.1. The third kappa shape index (κ3) is 4.17. The zero-order valence-electron chi connectivity index (χ0n) is 11.3. The van der Waals surface area contributed by atoms with Crippen LogP contribution in [0.15, 0.2) is 12.1 Å². The standard InChI is InChI=1S/C13H20N4O2/c1-19-13(18)11-5-6-12(16-15-11)14-7-10-17-8-3-2-4-9-17/h5-6H,2-4,7-10H2,1H3,(H,14,16). The lowest BCUT2D eigenvalue weighted by Crippen LogP contribution is -2.33. The number of hydrogen-bond acceptors (Lipinski definition) is 6. The molecule has 0 aromatic carbocycles. The van der Waals surface area contributed by atoms with E-state index in [0.29, 0.717) is 5.82 Å². The van der Waals surface area contributed by atoms with Gasteiger partial charge in [-0.1, -0.05) is 6.42 Å². The van der Waals surface area contributed by atoms with Crippen molar-refractivity contribution in [2.75, 3.05) is 38.6 Å². The van der Waals surface area contributed by atoms with E-state index in [0.717, 1.165) is 13.1 Å². The van der Waals surface area contributed by atoms with E-state index in [2.05, 4.69) is 25.2 Å². The number of methoxy groups -OCH3 is 1. The molecular weight excluding hydrogens is 244 g/mol. The lowest BCUT2D eigenvalue weighted by atomic mass is 10.1. The van der Waals surface area contributed by atoms with Gasteiger partial charge >= 0.3 is 5.97 Å². The van der Waals surface area contributed by atoms with Crippen LogP contribution in [0.3, 0.4) is 0 Å². The van der Waals surface area contributed by atoms with Gasteiger partial charge in [0.1, 0.15) is 5.82 Å². The van der Waals surface area contributed by atoms with Gasteiger partial charge in [-0.15, -0.1) is 10.2 Å². The predicted molar refractivity (Wildman–Crippen MR) is 72.2 cm³/mol.